The van der Waals surface area contributed by atoms with Crippen molar-refractivity contribution in [3.8, 4) is 0 Å². The number of β-amino-alcohol motifs (C(OH)–C–C–N with tert-alkyl or cyclic N) is 1. The SMILES string of the molecule is Cl.OC(CN1CCc2ccccc2C1)c1ccc2ccccc2c1. The summed E-state index contributed by atoms with van der Waals surface area (Å²) in [6.07, 6.45) is 0.630. The number of aliphatic hydroxyl groups excluding tert-OH is 1. The van der Waals surface area contributed by atoms with Crippen LogP contribution in [-0.2, 0) is 13.0 Å². The summed E-state index contributed by atoms with van der Waals surface area (Å²) in [7, 11) is 0. The van der Waals surface area contributed by atoms with Gasteiger partial charge in [-0.2, -0.15) is 0 Å². The van der Waals surface area contributed by atoms with Crippen molar-refractivity contribution in [1.82, 2.24) is 4.90 Å². The first-order valence-corrected chi connectivity index (χ1v) is 8.25. The molecular weight excluding hydrogens is 318 g/mol. The van der Waals surface area contributed by atoms with Gasteiger partial charge in [-0.05, 0) is 39.9 Å². The van der Waals surface area contributed by atoms with Gasteiger partial charge in [-0.15, -0.1) is 12.4 Å². The van der Waals surface area contributed by atoms with Crippen LogP contribution in [0.1, 0.15) is 22.8 Å². The fraction of sp³-hybridized carbons (Fsp3) is 0.238. The Labute approximate surface area is 149 Å². The van der Waals surface area contributed by atoms with Crippen molar-refractivity contribution in [3.63, 3.8) is 0 Å². The fourth-order valence-corrected chi connectivity index (χ4v) is 3.48. The monoisotopic (exact) mass is 339 g/mol. The van der Waals surface area contributed by atoms with Gasteiger partial charge in [0.25, 0.3) is 0 Å². The predicted molar refractivity (Wildman–Crippen MR) is 102 cm³/mol. The summed E-state index contributed by atoms with van der Waals surface area (Å²) in [6.45, 7) is 2.63. The minimum absolute atomic E-state index is 0. The molecule has 4 rings (SSSR count). The first-order chi connectivity index (χ1) is 11.3. The van der Waals surface area contributed by atoms with Crippen LogP contribution >= 0.6 is 12.4 Å². The molecule has 3 aromatic carbocycles. The van der Waals surface area contributed by atoms with Crippen molar-refractivity contribution in [2.75, 3.05) is 13.1 Å². The highest BCUT2D eigenvalue weighted by Gasteiger charge is 2.19. The molecule has 1 N–H and O–H groups in total. The largest absolute Gasteiger partial charge is 0.387 e. The zero-order valence-corrected chi connectivity index (χ0v) is 14.4. The average Bonchev–Trinajstić information content (AvgIpc) is 2.61. The molecule has 124 valence electrons. The summed E-state index contributed by atoms with van der Waals surface area (Å²) < 4.78 is 0. The van der Waals surface area contributed by atoms with Crippen LogP contribution in [0.3, 0.4) is 0 Å². The van der Waals surface area contributed by atoms with Crippen LogP contribution < -0.4 is 0 Å². The number of nitrogens with zero attached hydrogens (tertiary/aromatic N) is 1. The number of fused-ring (bicyclic) bond motifs is 2. The van der Waals surface area contributed by atoms with E-state index in [1.807, 2.05) is 18.2 Å². The quantitative estimate of drug-likeness (QED) is 0.766. The van der Waals surface area contributed by atoms with E-state index in [0.29, 0.717) is 6.54 Å². The Hall–Kier alpha value is -1.87. The molecule has 0 fully saturated rings. The van der Waals surface area contributed by atoms with Crippen LogP contribution in [0.25, 0.3) is 10.8 Å². The van der Waals surface area contributed by atoms with Gasteiger partial charge >= 0.3 is 0 Å². The highest BCUT2D eigenvalue weighted by molar-refractivity contribution is 5.85. The lowest BCUT2D eigenvalue weighted by Crippen LogP contribution is -2.33. The highest BCUT2D eigenvalue weighted by atomic mass is 35.5. The summed E-state index contributed by atoms with van der Waals surface area (Å²) in [6, 6.07) is 23.2. The van der Waals surface area contributed by atoms with Crippen LogP contribution in [0.2, 0.25) is 0 Å². The van der Waals surface area contributed by atoms with Gasteiger partial charge in [-0.3, -0.25) is 4.90 Å². The molecule has 3 heteroatoms. The van der Waals surface area contributed by atoms with E-state index in [9.17, 15) is 5.11 Å². The second kappa shape index (κ2) is 7.35. The van der Waals surface area contributed by atoms with E-state index in [4.69, 9.17) is 0 Å². The number of halogens is 1. The van der Waals surface area contributed by atoms with E-state index in [1.165, 1.54) is 21.9 Å². The van der Waals surface area contributed by atoms with Gasteiger partial charge in [-0.25, -0.2) is 0 Å². The molecule has 1 atom stereocenters. The Balaban J connectivity index is 0.00000169. The van der Waals surface area contributed by atoms with Crippen LogP contribution in [-0.4, -0.2) is 23.1 Å². The van der Waals surface area contributed by atoms with Gasteiger partial charge in [0.05, 0.1) is 6.10 Å². The second-order valence-electron chi connectivity index (χ2n) is 6.38. The molecule has 1 unspecified atom stereocenters. The lowest BCUT2D eigenvalue weighted by Gasteiger charge is -2.30. The number of benzene rings is 3. The third-order valence-electron chi connectivity index (χ3n) is 4.80. The standard InChI is InChI=1S/C21H21NO.ClH/c23-21(19-10-9-16-5-1-3-7-18(16)13-19)15-22-12-11-17-6-2-4-8-20(17)14-22;/h1-10,13,21,23H,11-12,14-15H2;1H. The normalized spacial score (nSPS) is 15.5. The summed E-state index contributed by atoms with van der Waals surface area (Å²) in [5.41, 5.74) is 3.84. The maximum Gasteiger partial charge on any atom is 0.0917 e. The summed E-state index contributed by atoms with van der Waals surface area (Å²) in [4.78, 5) is 2.35. The Morgan fingerprint density at radius 2 is 1.58 bits per heavy atom. The summed E-state index contributed by atoms with van der Waals surface area (Å²) in [5, 5.41) is 13.0. The van der Waals surface area contributed by atoms with Crippen LogP contribution in [0.5, 0.6) is 0 Å². The molecule has 0 aliphatic carbocycles. The maximum atomic E-state index is 10.6. The number of hydrogen-bond donors (Lipinski definition) is 1. The molecule has 1 aliphatic heterocycles. The smallest absolute Gasteiger partial charge is 0.0917 e. The van der Waals surface area contributed by atoms with E-state index < -0.39 is 6.10 Å². The Bertz CT molecular complexity index is 833. The number of aliphatic hydroxyl groups is 1. The van der Waals surface area contributed by atoms with Crippen molar-refractivity contribution in [2.24, 2.45) is 0 Å². The number of hydrogen-bond acceptors (Lipinski definition) is 2. The van der Waals surface area contributed by atoms with Crippen LogP contribution in [0, 0.1) is 0 Å². The Morgan fingerprint density at radius 1 is 0.875 bits per heavy atom. The Kier molecular flexibility index (Phi) is 5.20. The molecule has 0 saturated heterocycles. The van der Waals surface area contributed by atoms with Crippen molar-refractivity contribution >= 4 is 23.2 Å². The van der Waals surface area contributed by atoms with E-state index in [-0.39, 0.29) is 12.4 Å². The number of rotatable bonds is 3. The van der Waals surface area contributed by atoms with E-state index in [0.717, 1.165) is 25.1 Å². The van der Waals surface area contributed by atoms with Crippen molar-refractivity contribution in [3.05, 3.63) is 83.4 Å². The van der Waals surface area contributed by atoms with E-state index in [2.05, 4.69) is 53.4 Å². The van der Waals surface area contributed by atoms with Gasteiger partial charge in [0.15, 0.2) is 0 Å². The van der Waals surface area contributed by atoms with E-state index in [1.54, 1.807) is 0 Å². The topological polar surface area (TPSA) is 23.5 Å². The molecule has 24 heavy (non-hydrogen) atoms. The van der Waals surface area contributed by atoms with Crippen LogP contribution in [0.15, 0.2) is 66.7 Å². The minimum atomic E-state index is -0.440. The van der Waals surface area contributed by atoms with Crippen molar-refractivity contribution in [2.45, 2.75) is 19.1 Å². The molecular formula is C21H22ClNO. The third kappa shape index (κ3) is 3.46. The van der Waals surface area contributed by atoms with Gasteiger partial charge in [0.2, 0.25) is 0 Å². The molecule has 0 radical (unpaired) electrons. The third-order valence-corrected chi connectivity index (χ3v) is 4.80. The second-order valence-corrected chi connectivity index (χ2v) is 6.38. The van der Waals surface area contributed by atoms with Crippen molar-refractivity contribution in [1.29, 1.82) is 0 Å². The molecule has 1 heterocycles. The van der Waals surface area contributed by atoms with Crippen LogP contribution in [0.4, 0.5) is 0 Å². The first-order valence-electron chi connectivity index (χ1n) is 8.25. The molecule has 0 saturated carbocycles. The fourth-order valence-electron chi connectivity index (χ4n) is 3.48. The summed E-state index contributed by atoms with van der Waals surface area (Å²) >= 11 is 0. The molecule has 3 aromatic rings. The zero-order valence-electron chi connectivity index (χ0n) is 13.6. The van der Waals surface area contributed by atoms with Gasteiger partial charge < -0.3 is 5.11 Å². The molecule has 0 bridgehead atoms. The molecule has 1 aliphatic rings. The first kappa shape index (κ1) is 17.0. The molecule has 0 aromatic heterocycles. The average molecular weight is 340 g/mol. The lowest BCUT2D eigenvalue weighted by molar-refractivity contribution is 0.106. The van der Waals surface area contributed by atoms with Gasteiger partial charge in [0, 0.05) is 19.6 Å². The predicted octanol–water partition coefficient (Wildman–Crippen LogP) is 4.35. The zero-order chi connectivity index (χ0) is 15.6. The van der Waals surface area contributed by atoms with Gasteiger partial charge in [0.1, 0.15) is 0 Å². The lowest BCUT2D eigenvalue weighted by atomic mass is 9.98. The highest BCUT2D eigenvalue weighted by Crippen LogP contribution is 2.24. The maximum absolute atomic E-state index is 10.6. The molecule has 0 amide bonds. The molecule has 0 spiro atoms. The Morgan fingerprint density at radius 3 is 2.42 bits per heavy atom. The molecule has 2 nitrogen and oxygen atoms in total. The van der Waals surface area contributed by atoms with Gasteiger partial charge in [-0.1, -0.05) is 60.7 Å². The van der Waals surface area contributed by atoms with E-state index >= 15 is 0 Å². The minimum Gasteiger partial charge on any atom is -0.387 e. The summed E-state index contributed by atoms with van der Waals surface area (Å²) in [5.74, 6) is 0. The van der Waals surface area contributed by atoms with Crippen molar-refractivity contribution < 1.29 is 5.11 Å².